The molecule has 3 rings (SSSR count). The van der Waals surface area contributed by atoms with E-state index < -0.39 is 9.84 Å². The summed E-state index contributed by atoms with van der Waals surface area (Å²) in [6.07, 6.45) is 0.612. The molecule has 1 aromatic heterocycles. The van der Waals surface area contributed by atoms with Gasteiger partial charge in [-0.1, -0.05) is 30.3 Å². The maximum Gasteiger partial charge on any atom is 0.265 e. The summed E-state index contributed by atoms with van der Waals surface area (Å²) in [7, 11) is -2.93. The van der Waals surface area contributed by atoms with E-state index in [0.29, 0.717) is 30.2 Å². The van der Waals surface area contributed by atoms with E-state index in [1.54, 1.807) is 0 Å². The molecule has 1 unspecified atom stereocenters. The van der Waals surface area contributed by atoms with E-state index in [-0.39, 0.29) is 23.3 Å². The smallest absolute Gasteiger partial charge is 0.265 e. The van der Waals surface area contributed by atoms with Gasteiger partial charge in [0.1, 0.15) is 10.6 Å². The molecular formula is C18H21NO4S2. The van der Waals surface area contributed by atoms with Crippen LogP contribution in [0.1, 0.15) is 23.0 Å². The number of hydrogen-bond donors (Lipinski definition) is 1. The normalized spacial score (nSPS) is 18.8. The van der Waals surface area contributed by atoms with Crippen LogP contribution in [0, 0.1) is 5.92 Å². The number of benzene rings is 1. The third kappa shape index (κ3) is 4.41. The quantitative estimate of drug-likeness (QED) is 0.837. The highest BCUT2D eigenvalue weighted by molar-refractivity contribution is 7.91. The highest BCUT2D eigenvalue weighted by atomic mass is 32.2. The number of carbonyl (C=O) groups excluding carboxylic acids is 1. The van der Waals surface area contributed by atoms with E-state index in [0.717, 1.165) is 10.4 Å². The number of carbonyl (C=O) groups is 1. The van der Waals surface area contributed by atoms with Gasteiger partial charge >= 0.3 is 0 Å². The lowest BCUT2D eigenvalue weighted by atomic mass is 10.1. The molecule has 2 aromatic rings. The van der Waals surface area contributed by atoms with E-state index in [1.165, 1.54) is 11.3 Å². The molecule has 1 saturated heterocycles. The first-order valence-electron chi connectivity index (χ1n) is 8.29. The Hall–Kier alpha value is -1.86. The van der Waals surface area contributed by atoms with Crippen LogP contribution < -0.4 is 10.1 Å². The van der Waals surface area contributed by atoms with Crippen molar-refractivity contribution in [3.8, 4) is 16.2 Å². The van der Waals surface area contributed by atoms with Gasteiger partial charge in [0.05, 0.1) is 18.1 Å². The van der Waals surface area contributed by atoms with Gasteiger partial charge in [0.15, 0.2) is 9.84 Å². The van der Waals surface area contributed by atoms with Gasteiger partial charge in [-0.25, -0.2) is 8.42 Å². The van der Waals surface area contributed by atoms with E-state index in [1.807, 2.05) is 43.3 Å². The Labute approximate surface area is 151 Å². The Bertz CT molecular complexity index is 843. The Kier molecular flexibility index (Phi) is 5.44. The lowest BCUT2D eigenvalue weighted by Gasteiger charge is -2.10. The molecule has 1 N–H and O–H groups in total. The molecule has 7 heteroatoms. The van der Waals surface area contributed by atoms with Crippen LogP contribution in [0.5, 0.6) is 5.75 Å². The van der Waals surface area contributed by atoms with Gasteiger partial charge in [0.2, 0.25) is 0 Å². The predicted octanol–water partition coefficient (Wildman–Crippen LogP) is 2.98. The average Bonchev–Trinajstić information content (AvgIpc) is 3.17. The van der Waals surface area contributed by atoms with Gasteiger partial charge in [-0.3, -0.25) is 4.79 Å². The summed E-state index contributed by atoms with van der Waals surface area (Å²) in [4.78, 5) is 14.1. The number of sulfone groups is 1. The van der Waals surface area contributed by atoms with E-state index in [2.05, 4.69) is 5.32 Å². The van der Waals surface area contributed by atoms with E-state index in [4.69, 9.17) is 4.74 Å². The van der Waals surface area contributed by atoms with Gasteiger partial charge in [-0.05, 0) is 30.9 Å². The molecule has 1 fully saturated rings. The molecule has 5 nitrogen and oxygen atoms in total. The Morgan fingerprint density at radius 3 is 2.72 bits per heavy atom. The number of amides is 1. The van der Waals surface area contributed by atoms with Crippen molar-refractivity contribution in [1.82, 2.24) is 5.32 Å². The van der Waals surface area contributed by atoms with Gasteiger partial charge < -0.3 is 10.1 Å². The molecule has 0 bridgehead atoms. The topological polar surface area (TPSA) is 72.5 Å². The Morgan fingerprint density at radius 1 is 1.32 bits per heavy atom. The average molecular weight is 380 g/mol. The maximum atomic E-state index is 12.6. The minimum absolute atomic E-state index is 0.00181. The zero-order chi connectivity index (χ0) is 17.9. The van der Waals surface area contributed by atoms with Crippen molar-refractivity contribution < 1.29 is 17.9 Å². The SMILES string of the molecule is CCOc1cc(-c2ccccc2)sc1C(=O)NCC1CCS(=O)(=O)C1. The second-order valence-electron chi connectivity index (χ2n) is 6.08. The van der Waals surface area contributed by atoms with Crippen molar-refractivity contribution in [1.29, 1.82) is 0 Å². The molecule has 1 aromatic carbocycles. The summed E-state index contributed by atoms with van der Waals surface area (Å²) in [5, 5.41) is 2.87. The number of ether oxygens (including phenoxy) is 1. The standard InChI is InChI=1S/C18H21NO4S2/c1-2-23-15-10-16(14-6-4-3-5-7-14)24-17(15)18(20)19-11-13-8-9-25(21,22)12-13/h3-7,10,13H,2,8-9,11-12H2,1H3,(H,19,20). The zero-order valence-electron chi connectivity index (χ0n) is 14.0. The van der Waals surface area contributed by atoms with Crippen LogP contribution in [0.4, 0.5) is 0 Å². The van der Waals surface area contributed by atoms with Crippen LogP contribution in [0.25, 0.3) is 10.4 Å². The third-order valence-corrected chi connectivity index (χ3v) is 7.14. The molecular weight excluding hydrogens is 358 g/mol. The number of thiophene rings is 1. The molecule has 1 aliphatic heterocycles. The molecule has 1 atom stereocenters. The zero-order valence-corrected chi connectivity index (χ0v) is 15.7. The monoisotopic (exact) mass is 379 g/mol. The number of nitrogens with one attached hydrogen (secondary N) is 1. The minimum atomic E-state index is -2.93. The Balaban J connectivity index is 1.73. The van der Waals surface area contributed by atoms with Crippen LogP contribution >= 0.6 is 11.3 Å². The van der Waals surface area contributed by atoms with Crippen LogP contribution in [-0.2, 0) is 9.84 Å². The second kappa shape index (κ2) is 7.58. The first-order chi connectivity index (χ1) is 12.0. The number of rotatable bonds is 6. The second-order valence-corrected chi connectivity index (χ2v) is 9.36. The van der Waals surface area contributed by atoms with Crippen LogP contribution in [0.15, 0.2) is 36.4 Å². The largest absolute Gasteiger partial charge is 0.492 e. The molecule has 1 aliphatic rings. The summed E-state index contributed by atoms with van der Waals surface area (Å²) in [6.45, 7) is 2.74. The molecule has 25 heavy (non-hydrogen) atoms. The molecule has 0 aliphatic carbocycles. The van der Waals surface area contributed by atoms with Crippen LogP contribution in [0.3, 0.4) is 0 Å². The molecule has 0 radical (unpaired) electrons. The minimum Gasteiger partial charge on any atom is -0.492 e. The highest BCUT2D eigenvalue weighted by Gasteiger charge is 2.28. The summed E-state index contributed by atoms with van der Waals surface area (Å²) in [5.41, 5.74) is 1.04. The van der Waals surface area contributed by atoms with E-state index >= 15 is 0 Å². The van der Waals surface area contributed by atoms with Crippen molar-refractivity contribution in [2.24, 2.45) is 5.92 Å². The molecule has 0 saturated carbocycles. The van der Waals surface area contributed by atoms with Crippen LogP contribution in [0.2, 0.25) is 0 Å². The lowest BCUT2D eigenvalue weighted by molar-refractivity contribution is 0.0949. The maximum absolute atomic E-state index is 12.6. The fourth-order valence-electron chi connectivity index (χ4n) is 2.89. The molecule has 2 heterocycles. The highest BCUT2D eigenvalue weighted by Crippen LogP contribution is 2.36. The molecule has 134 valence electrons. The van der Waals surface area contributed by atoms with Crippen molar-refractivity contribution in [2.45, 2.75) is 13.3 Å². The van der Waals surface area contributed by atoms with Crippen molar-refractivity contribution in [3.05, 3.63) is 41.3 Å². The Morgan fingerprint density at radius 2 is 2.08 bits per heavy atom. The summed E-state index contributed by atoms with van der Waals surface area (Å²) < 4.78 is 28.7. The lowest BCUT2D eigenvalue weighted by Crippen LogP contribution is -2.29. The van der Waals surface area contributed by atoms with Gasteiger partial charge in [-0.2, -0.15) is 0 Å². The van der Waals surface area contributed by atoms with E-state index in [9.17, 15) is 13.2 Å². The third-order valence-electron chi connectivity index (χ3n) is 4.14. The molecule has 0 spiro atoms. The van der Waals surface area contributed by atoms with Gasteiger partial charge in [0.25, 0.3) is 5.91 Å². The fourth-order valence-corrected chi connectivity index (χ4v) is 5.78. The van der Waals surface area contributed by atoms with Crippen molar-refractivity contribution in [3.63, 3.8) is 0 Å². The predicted molar refractivity (Wildman–Crippen MR) is 100 cm³/mol. The first-order valence-corrected chi connectivity index (χ1v) is 10.9. The van der Waals surface area contributed by atoms with Crippen molar-refractivity contribution in [2.75, 3.05) is 24.7 Å². The first kappa shape index (κ1) is 17.9. The van der Waals surface area contributed by atoms with Gasteiger partial charge in [-0.15, -0.1) is 11.3 Å². The van der Waals surface area contributed by atoms with Crippen molar-refractivity contribution >= 4 is 27.1 Å². The van der Waals surface area contributed by atoms with Gasteiger partial charge in [0, 0.05) is 11.4 Å². The fraction of sp³-hybridized carbons (Fsp3) is 0.389. The number of hydrogen-bond acceptors (Lipinski definition) is 5. The summed E-state index contributed by atoms with van der Waals surface area (Å²) in [6, 6.07) is 11.7. The summed E-state index contributed by atoms with van der Waals surface area (Å²) in [5.74, 6) is 0.737. The van der Waals surface area contributed by atoms with Crippen LogP contribution in [-0.4, -0.2) is 39.0 Å². The summed E-state index contributed by atoms with van der Waals surface area (Å²) >= 11 is 1.39. The molecule has 1 amide bonds.